The summed E-state index contributed by atoms with van der Waals surface area (Å²) in [5, 5.41) is 3.31. The number of imidazole rings is 1. The van der Waals surface area contributed by atoms with E-state index in [0.29, 0.717) is 39.3 Å². The molecular formula is C23H26N6O2S2. The van der Waals surface area contributed by atoms with Crippen LogP contribution in [0.15, 0.2) is 46.8 Å². The third-order valence-electron chi connectivity index (χ3n) is 5.41. The van der Waals surface area contributed by atoms with E-state index in [9.17, 15) is 9.59 Å². The number of rotatable bonds is 9. The molecule has 0 saturated carbocycles. The number of aryl methyl sites for hydroxylation is 2. The maximum Gasteiger partial charge on any atom is 0.267 e. The fraction of sp³-hybridized carbons (Fsp3) is 0.348. The standard InChI is InChI=1S/C23H26N6O2S2/c1-3-4-11-29-22(31)18(33-23(29)32)14-17-19(25-8-6-10-27-13-9-24-15-27)26-20-16(2)7-5-12-28(20)21(17)30/h5,7,9,12-15,25H,3-4,6,8,10-11H2,1-2H3/b18-14-. The Balaban J connectivity index is 1.66. The molecule has 0 unspecified atom stereocenters. The molecule has 0 atom stereocenters. The number of anilines is 1. The van der Waals surface area contributed by atoms with Gasteiger partial charge in [-0.05, 0) is 37.5 Å². The smallest absolute Gasteiger partial charge is 0.267 e. The minimum absolute atomic E-state index is 0.154. The van der Waals surface area contributed by atoms with Gasteiger partial charge in [0.15, 0.2) is 0 Å². The van der Waals surface area contributed by atoms with Crippen molar-refractivity contribution in [2.45, 2.75) is 39.7 Å². The molecule has 3 aromatic rings. The zero-order valence-corrected chi connectivity index (χ0v) is 20.3. The predicted octanol–water partition coefficient (Wildman–Crippen LogP) is 3.70. The first-order valence-corrected chi connectivity index (χ1v) is 12.2. The minimum Gasteiger partial charge on any atom is -0.369 e. The molecule has 0 spiro atoms. The highest BCUT2D eigenvalue weighted by Crippen LogP contribution is 2.33. The van der Waals surface area contributed by atoms with Crippen molar-refractivity contribution in [1.29, 1.82) is 0 Å². The first kappa shape index (κ1) is 23.2. The third-order valence-corrected chi connectivity index (χ3v) is 6.79. The fourth-order valence-corrected chi connectivity index (χ4v) is 4.89. The molecule has 4 rings (SSSR count). The second kappa shape index (κ2) is 10.3. The number of fused-ring (bicyclic) bond motifs is 1. The Kier molecular flexibility index (Phi) is 7.24. The van der Waals surface area contributed by atoms with Gasteiger partial charge in [0.1, 0.15) is 15.8 Å². The number of carbonyl (C=O) groups excluding carboxylic acids is 1. The van der Waals surface area contributed by atoms with Gasteiger partial charge in [-0.3, -0.25) is 18.9 Å². The van der Waals surface area contributed by atoms with Crippen molar-refractivity contribution < 1.29 is 4.79 Å². The molecular weight excluding hydrogens is 456 g/mol. The summed E-state index contributed by atoms with van der Waals surface area (Å²) in [5.74, 6) is 0.317. The summed E-state index contributed by atoms with van der Waals surface area (Å²) in [4.78, 5) is 37.2. The Labute approximate surface area is 201 Å². The highest BCUT2D eigenvalue weighted by molar-refractivity contribution is 8.26. The zero-order valence-electron chi connectivity index (χ0n) is 18.7. The van der Waals surface area contributed by atoms with Crippen LogP contribution in [0.5, 0.6) is 0 Å². The Morgan fingerprint density at radius 1 is 1.21 bits per heavy atom. The van der Waals surface area contributed by atoms with Crippen LogP contribution < -0.4 is 10.9 Å². The van der Waals surface area contributed by atoms with Gasteiger partial charge in [-0.15, -0.1) is 0 Å². The number of pyridine rings is 1. The van der Waals surface area contributed by atoms with E-state index in [1.54, 1.807) is 29.7 Å². The molecule has 1 saturated heterocycles. The van der Waals surface area contributed by atoms with Crippen molar-refractivity contribution in [2.75, 3.05) is 18.4 Å². The number of amides is 1. The van der Waals surface area contributed by atoms with Crippen LogP contribution in [0.4, 0.5) is 5.82 Å². The number of hydrogen-bond acceptors (Lipinski definition) is 7. The number of unbranched alkanes of at least 4 members (excludes halogenated alkanes) is 1. The Morgan fingerprint density at radius 2 is 2.06 bits per heavy atom. The van der Waals surface area contributed by atoms with Crippen LogP contribution in [-0.4, -0.2) is 47.2 Å². The second-order valence-corrected chi connectivity index (χ2v) is 9.51. The van der Waals surface area contributed by atoms with Crippen molar-refractivity contribution in [3.05, 3.63) is 63.4 Å². The molecule has 1 aliphatic rings. The first-order chi connectivity index (χ1) is 16.0. The maximum atomic E-state index is 13.4. The van der Waals surface area contributed by atoms with Gasteiger partial charge in [-0.25, -0.2) is 9.97 Å². The summed E-state index contributed by atoms with van der Waals surface area (Å²) in [7, 11) is 0. The predicted molar refractivity (Wildman–Crippen MR) is 136 cm³/mol. The molecule has 33 heavy (non-hydrogen) atoms. The molecule has 8 nitrogen and oxygen atoms in total. The molecule has 0 radical (unpaired) electrons. The minimum atomic E-state index is -0.223. The summed E-state index contributed by atoms with van der Waals surface area (Å²) >= 11 is 6.65. The third kappa shape index (κ3) is 5.01. The normalized spacial score (nSPS) is 15.2. The van der Waals surface area contributed by atoms with Crippen LogP contribution >= 0.6 is 24.0 Å². The van der Waals surface area contributed by atoms with Crippen molar-refractivity contribution in [3.8, 4) is 0 Å². The number of nitrogens with one attached hydrogen (secondary N) is 1. The summed E-state index contributed by atoms with van der Waals surface area (Å²) < 4.78 is 4.05. The Morgan fingerprint density at radius 3 is 2.82 bits per heavy atom. The van der Waals surface area contributed by atoms with Gasteiger partial charge >= 0.3 is 0 Å². The lowest BCUT2D eigenvalue weighted by molar-refractivity contribution is -0.122. The molecule has 1 N–H and O–H groups in total. The van der Waals surface area contributed by atoms with Crippen LogP contribution in [-0.2, 0) is 11.3 Å². The van der Waals surface area contributed by atoms with Crippen LogP contribution in [0, 0.1) is 6.92 Å². The van der Waals surface area contributed by atoms with Gasteiger partial charge in [0, 0.05) is 38.2 Å². The molecule has 10 heteroatoms. The molecule has 3 aromatic heterocycles. The lowest BCUT2D eigenvalue weighted by Crippen LogP contribution is -2.29. The van der Waals surface area contributed by atoms with E-state index in [0.717, 1.165) is 31.4 Å². The Hall–Kier alpha value is -2.98. The number of nitrogens with zero attached hydrogens (tertiary/aromatic N) is 5. The quantitative estimate of drug-likeness (QED) is 0.283. The van der Waals surface area contributed by atoms with Gasteiger partial charge < -0.3 is 9.88 Å². The summed E-state index contributed by atoms with van der Waals surface area (Å²) in [5.41, 5.74) is 1.62. The Bertz CT molecular complexity index is 1270. The molecule has 0 aliphatic carbocycles. The maximum absolute atomic E-state index is 13.4. The van der Waals surface area contributed by atoms with E-state index in [4.69, 9.17) is 17.2 Å². The van der Waals surface area contributed by atoms with Gasteiger partial charge in [0.25, 0.3) is 11.5 Å². The van der Waals surface area contributed by atoms with Gasteiger partial charge in [0.2, 0.25) is 0 Å². The number of thiocarbonyl (C=S) groups is 1. The number of thioether (sulfide) groups is 1. The van der Waals surface area contributed by atoms with Crippen LogP contribution in [0.2, 0.25) is 0 Å². The van der Waals surface area contributed by atoms with E-state index in [2.05, 4.69) is 17.2 Å². The van der Waals surface area contributed by atoms with Crippen LogP contribution in [0.1, 0.15) is 37.3 Å². The summed E-state index contributed by atoms with van der Waals surface area (Å²) in [6.07, 6.45) is 11.4. The molecule has 0 aromatic carbocycles. The van der Waals surface area contributed by atoms with Crippen molar-refractivity contribution in [2.24, 2.45) is 0 Å². The SMILES string of the molecule is CCCCN1C(=O)/C(=C/c2c(NCCCn3ccnc3)nc3c(C)cccn3c2=O)SC1=S. The molecule has 172 valence electrons. The molecule has 1 amide bonds. The monoisotopic (exact) mass is 482 g/mol. The molecule has 0 bridgehead atoms. The average Bonchev–Trinajstić information content (AvgIpc) is 3.41. The number of hydrogen-bond donors (Lipinski definition) is 1. The van der Waals surface area contributed by atoms with Crippen LogP contribution in [0.25, 0.3) is 11.7 Å². The fourth-order valence-electron chi connectivity index (χ4n) is 3.60. The van der Waals surface area contributed by atoms with Crippen LogP contribution in [0.3, 0.4) is 0 Å². The first-order valence-electron chi connectivity index (χ1n) is 11.0. The van der Waals surface area contributed by atoms with E-state index in [1.807, 2.05) is 29.8 Å². The average molecular weight is 483 g/mol. The van der Waals surface area contributed by atoms with Gasteiger partial charge in [0.05, 0.1) is 16.8 Å². The van der Waals surface area contributed by atoms with Crippen molar-refractivity contribution >= 4 is 51.7 Å². The van der Waals surface area contributed by atoms with E-state index < -0.39 is 0 Å². The van der Waals surface area contributed by atoms with E-state index in [-0.39, 0.29) is 11.5 Å². The molecule has 1 fully saturated rings. The highest BCUT2D eigenvalue weighted by Gasteiger charge is 2.32. The number of aromatic nitrogens is 4. The topological polar surface area (TPSA) is 84.5 Å². The highest BCUT2D eigenvalue weighted by atomic mass is 32.2. The largest absolute Gasteiger partial charge is 0.369 e. The van der Waals surface area contributed by atoms with E-state index >= 15 is 0 Å². The molecule has 1 aliphatic heterocycles. The van der Waals surface area contributed by atoms with Gasteiger partial charge in [-0.2, -0.15) is 0 Å². The lowest BCUT2D eigenvalue weighted by Gasteiger charge is -2.13. The zero-order chi connectivity index (χ0) is 23.4. The summed E-state index contributed by atoms with van der Waals surface area (Å²) in [6.45, 7) is 5.99. The number of carbonyl (C=O) groups is 1. The molecule has 4 heterocycles. The van der Waals surface area contributed by atoms with E-state index in [1.165, 1.54) is 16.2 Å². The second-order valence-electron chi connectivity index (χ2n) is 7.83. The summed E-state index contributed by atoms with van der Waals surface area (Å²) in [6, 6.07) is 3.74. The van der Waals surface area contributed by atoms with Crippen molar-refractivity contribution in [1.82, 2.24) is 23.8 Å². The van der Waals surface area contributed by atoms with Crippen molar-refractivity contribution in [3.63, 3.8) is 0 Å². The van der Waals surface area contributed by atoms with Gasteiger partial charge in [-0.1, -0.05) is 43.4 Å². The lowest BCUT2D eigenvalue weighted by atomic mass is 10.2.